The zero-order chi connectivity index (χ0) is 15.0. The number of fused-ring (bicyclic) bond motifs is 1. The third kappa shape index (κ3) is 2.38. The van der Waals surface area contributed by atoms with Crippen LogP contribution in [0.25, 0.3) is 10.9 Å². The van der Waals surface area contributed by atoms with Gasteiger partial charge in [-0.1, -0.05) is 6.07 Å². The van der Waals surface area contributed by atoms with Crippen LogP contribution in [-0.2, 0) is 0 Å². The second kappa shape index (κ2) is 5.21. The van der Waals surface area contributed by atoms with E-state index in [-0.39, 0.29) is 5.56 Å². The van der Waals surface area contributed by atoms with E-state index >= 15 is 0 Å². The Hall–Kier alpha value is -2.34. The lowest BCUT2D eigenvalue weighted by Crippen LogP contribution is -2.43. The van der Waals surface area contributed by atoms with E-state index in [9.17, 15) is 9.59 Å². The number of carbonyl (C=O) groups is 1. The number of nitrogens with zero attached hydrogens (tertiary/aromatic N) is 1. The fraction of sp³-hybridized carbons (Fsp3) is 0.333. The number of aromatic amines is 1. The number of rotatable bonds is 2. The van der Waals surface area contributed by atoms with E-state index in [1.807, 2.05) is 19.1 Å². The summed E-state index contributed by atoms with van der Waals surface area (Å²) in [4.78, 5) is 27.9. The van der Waals surface area contributed by atoms with Crippen molar-refractivity contribution in [1.82, 2.24) is 10.3 Å². The van der Waals surface area contributed by atoms with Gasteiger partial charge in [-0.3, -0.25) is 4.79 Å². The molecule has 6 heteroatoms. The maximum absolute atomic E-state index is 11.9. The van der Waals surface area contributed by atoms with Crippen LogP contribution in [0.3, 0.4) is 0 Å². The lowest BCUT2D eigenvalue weighted by Gasteiger charge is -2.31. The Balaban J connectivity index is 2.14. The predicted octanol–water partition coefficient (Wildman–Crippen LogP) is 0.944. The van der Waals surface area contributed by atoms with Crippen LogP contribution in [0.2, 0.25) is 0 Å². The summed E-state index contributed by atoms with van der Waals surface area (Å²) in [5, 5.41) is 13.1. The average Bonchev–Trinajstić information content (AvgIpc) is 2.48. The Morgan fingerprint density at radius 1 is 1.29 bits per heavy atom. The summed E-state index contributed by atoms with van der Waals surface area (Å²) in [5.41, 5.74) is 1.99. The monoisotopic (exact) mass is 287 g/mol. The molecule has 21 heavy (non-hydrogen) atoms. The van der Waals surface area contributed by atoms with E-state index < -0.39 is 11.5 Å². The molecule has 6 nitrogen and oxygen atoms in total. The molecular formula is C15H17N3O3. The van der Waals surface area contributed by atoms with Gasteiger partial charge in [-0.2, -0.15) is 0 Å². The fourth-order valence-electron chi connectivity index (χ4n) is 2.82. The van der Waals surface area contributed by atoms with Gasteiger partial charge >= 0.3 is 5.97 Å². The molecule has 3 N–H and O–H groups in total. The highest BCUT2D eigenvalue weighted by Gasteiger charge is 2.16. The zero-order valence-corrected chi connectivity index (χ0v) is 11.8. The number of pyridine rings is 1. The second-order valence-corrected chi connectivity index (χ2v) is 5.23. The van der Waals surface area contributed by atoms with Gasteiger partial charge in [0.05, 0.1) is 5.52 Å². The zero-order valence-electron chi connectivity index (χ0n) is 11.8. The van der Waals surface area contributed by atoms with Gasteiger partial charge in [-0.05, 0) is 30.0 Å². The fourth-order valence-corrected chi connectivity index (χ4v) is 2.82. The van der Waals surface area contributed by atoms with Crippen LogP contribution in [0.4, 0.5) is 5.69 Å². The van der Waals surface area contributed by atoms with Crippen molar-refractivity contribution in [2.75, 3.05) is 31.1 Å². The van der Waals surface area contributed by atoms with Gasteiger partial charge in [0.15, 0.2) is 0 Å². The average molecular weight is 287 g/mol. The number of nitrogens with one attached hydrogen (secondary N) is 2. The summed E-state index contributed by atoms with van der Waals surface area (Å²) in [5.74, 6) is -1.21. The minimum absolute atomic E-state index is 0.225. The number of aryl methyl sites for hydroxylation is 1. The molecule has 1 aromatic carbocycles. The Labute approximate surface area is 121 Å². The highest BCUT2D eigenvalue weighted by Crippen LogP contribution is 2.27. The van der Waals surface area contributed by atoms with Crippen LogP contribution in [-0.4, -0.2) is 42.2 Å². The second-order valence-electron chi connectivity index (χ2n) is 5.23. The maximum Gasteiger partial charge on any atom is 0.341 e. The molecule has 3 rings (SSSR count). The van der Waals surface area contributed by atoms with Crippen molar-refractivity contribution in [2.45, 2.75) is 6.92 Å². The van der Waals surface area contributed by atoms with Gasteiger partial charge in [-0.25, -0.2) is 4.79 Å². The highest BCUT2D eigenvalue weighted by atomic mass is 16.4. The van der Waals surface area contributed by atoms with Crippen LogP contribution < -0.4 is 15.8 Å². The van der Waals surface area contributed by atoms with E-state index in [0.717, 1.165) is 42.8 Å². The molecule has 0 bridgehead atoms. The number of H-pyrrole nitrogens is 1. The first kappa shape index (κ1) is 13.6. The van der Waals surface area contributed by atoms with Crippen molar-refractivity contribution in [3.8, 4) is 0 Å². The number of carboxylic acid groups (broad SMARTS) is 1. The Morgan fingerprint density at radius 2 is 2.00 bits per heavy atom. The molecular weight excluding hydrogens is 270 g/mol. The number of piperazine rings is 1. The number of hydrogen-bond donors (Lipinski definition) is 3. The molecule has 0 unspecified atom stereocenters. The van der Waals surface area contributed by atoms with E-state index in [4.69, 9.17) is 5.11 Å². The van der Waals surface area contributed by atoms with Crippen molar-refractivity contribution in [3.63, 3.8) is 0 Å². The first-order chi connectivity index (χ1) is 10.1. The normalized spacial score (nSPS) is 15.4. The van der Waals surface area contributed by atoms with Gasteiger partial charge in [-0.15, -0.1) is 0 Å². The van der Waals surface area contributed by atoms with Gasteiger partial charge in [0.2, 0.25) is 0 Å². The van der Waals surface area contributed by atoms with Crippen LogP contribution >= 0.6 is 0 Å². The summed E-state index contributed by atoms with van der Waals surface area (Å²) in [6.45, 7) is 5.67. The van der Waals surface area contributed by atoms with Gasteiger partial charge < -0.3 is 20.3 Å². The Morgan fingerprint density at radius 3 is 2.67 bits per heavy atom. The van der Waals surface area contributed by atoms with Crippen LogP contribution in [0.15, 0.2) is 23.0 Å². The third-order valence-corrected chi connectivity index (χ3v) is 3.94. The standard InChI is InChI=1S/C15H17N3O3/c1-9-12(18-6-4-16-5-7-18)3-2-10-8-11(15(20)21)14(19)17-13(9)10/h2-3,8,16H,4-7H2,1H3,(H,17,19)(H,20,21). The molecule has 1 aliphatic heterocycles. The summed E-state index contributed by atoms with van der Waals surface area (Å²) in [6, 6.07) is 5.29. The molecule has 0 aliphatic carbocycles. The van der Waals surface area contributed by atoms with Crippen molar-refractivity contribution < 1.29 is 9.90 Å². The minimum Gasteiger partial charge on any atom is -0.477 e. The summed E-state index contributed by atoms with van der Waals surface area (Å²) < 4.78 is 0. The van der Waals surface area contributed by atoms with Gasteiger partial charge in [0, 0.05) is 31.9 Å². The van der Waals surface area contributed by atoms with Crippen molar-refractivity contribution in [3.05, 3.63) is 39.7 Å². The molecule has 0 spiro atoms. The Bertz CT molecular complexity index is 761. The van der Waals surface area contributed by atoms with E-state index in [1.54, 1.807) is 0 Å². The lowest BCUT2D eigenvalue weighted by molar-refractivity contribution is 0.0695. The third-order valence-electron chi connectivity index (χ3n) is 3.94. The molecule has 0 saturated carbocycles. The predicted molar refractivity (Wildman–Crippen MR) is 81.3 cm³/mol. The van der Waals surface area contributed by atoms with Gasteiger partial charge in [0.1, 0.15) is 5.56 Å². The molecule has 2 aromatic rings. The number of benzene rings is 1. The first-order valence-corrected chi connectivity index (χ1v) is 6.93. The number of carboxylic acids is 1. The van der Waals surface area contributed by atoms with E-state index in [0.29, 0.717) is 5.52 Å². The quantitative estimate of drug-likeness (QED) is 0.765. The first-order valence-electron chi connectivity index (χ1n) is 6.93. The smallest absolute Gasteiger partial charge is 0.341 e. The summed E-state index contributed by atoms with van der Waals surface area (Å²) >= 11 is 0. The molecule has 1 saturated heterocycles. The van der Waals surface area contributed by atoms with Crippen LogP contribution in [0, 0.1) is 6.92 Å². The molecule has 0 atom stereocenters. The number of hydrogen-bond acceptors (Lipinski definition) is 4. The SMILES string of the molecule is Cc1c(N2CCNCC2)ccc2cc(C(=O)O)c(=O)[nH]c12. The number of anilines is 1. The lowest BCUT2D eigenvalue weighted by atomic mass is 10.1. The highest BCUT2D eigenvalue weighted by molar-refractivity contribution is 5.94. The van der Waals surface area contributed by atoms with E-state index in [1.165, 1.54) is 6.07 Å². The van der Waals surface area contributed by atoms with E-state index in [2.05, 4.69) is 15.2 Å². The molecule has 1 aliphatic rings. The molecule has 110 valence electrons. The van der Waals surface area contributed by atoms with Crippen LogP contribution in [0.5, 0.6) is 0 Å². The van der Waals surface area contributed by atoms with Crippen LogP contribution in [0.1, 0.15) is 15.9 Å². The molecule has 1 fully saturated rings. The largest absolute Gasteiger partial charge is 0.477 e. The number of aromatic carboxylic acids is 1. The molecule has 0 amide bonds. The molecule has 1 aromatic heterocycles. The topological polar surface area (TPSA) is 85.4 Å². The minimum atomic E-state index is -1.21. The van der Waals surface area contributed by atoms with Gasteiger partial charge in [0.25, 0.3) is 5.56 Å². The Kier molecular flexibility index (Phi) is 3.39. The maximum atomic E-state index is 11.9. The van der Waals surface area contributed by atoms with Crippen molar-refractivity contribution >= 4 is 22.6 Å². The summed E-state index contributed by atoms with van der Waals surface area (Å²) in [6.07, 6.45) is 0. The molecule has 2 heterocycles. The molecule has 0 radical (unpaired) electrons. The van der Waals surface area contributed by atoms with Crippen molar-refractivity contribution in [1.29, 1.82) is 0 Å². The summed E-state index contributed by atoms with van der Waals surface area (Å²) in [7, 11) is 0. The van der Waals surface area contributed by atoms with Crippen molar-refractivity contribution in [2.24, 2.45) is 0 Å². The number of aromatic nitrogens is 1.